The molecule has 0 aliphatic carbocycles. The van der Waals surface area contributed by atoms with Gasteiger partial charge in [0, 0.05) is 11.8 Å². The molecule has 0 bridgehead atoms. The van der Waals surface area contributed by atoms with Crippen molar-refractivity contribution in [3.8, 4) is 11.8 Å². The van der Waals surface area contributed by atoms with E-state index in [1.807, 2.05) is 6.07 Å². The average Bonchev–Trinajstić information content (AvgIpc) is 2.94. The van der Waals surface area contributed by atoms with Crippen LogP contribution in [0.4, 0.5) is 28.8 Å². The molecule has 0 spiro atoms. The maximum atomic E-state index is 12.3. The zero-order valence-electron chi connectivity index (χ0n) is 12.8. The zero-order chi connectivity index (χ0) is 18.7. The average molecular weight is 378 g/mol. The maximum absolute atomic E-state index is 12.3. The van der Waals surface area contributed by atoms with Gasteiger partial charge in [-0.2, -0.15) is 5.26 Å². The molecular weight excluding hydrogens is 369 g/mol. The molecule has 2 aromatic carbocycles. The third-order valence-electron chi connectivity index (χ3n) is 3.06. The number of amides is 2. The van der Waals surface area contributed by atoms with Crippen molar-refractivity contribution in [1.82, 2.24) is 4.98 Å². The van der Waals surface area contributed by atoms with Crippen molar-refractivity contribution in [2.24, 2.45) is 0 Å². The van der Waals surface area contributed by atoms with E-state index in [9.17, 15) is 18.0 Å². The highest BCUT2D eigenvalue weighted by Gasteiger charge is 2.31. The van der Waals surface area contributed by atoms with Crippen LogP contribution in [0, 0.1) is 11.3 Å². The highest BCUT2D eigenvalue weighted by molar-refractivity contribution is 7.22. The van der Waals surface area contributed by atoms with Gasteiger partial charge in [-0.1, -0.05) is 17.4 Å². The summed E-state index contributed by atoms with van der Waals surface area (Å²) in [5.74, 6) is -0.363. The number of hydrogen-bond donors (Lipinski definition) is 2. The minimum Gasteiger partial charge on any atom is -0.406 e. The Labute approximate surface area is 148 Å². The summed E-state index contributed by atoms with van der Waals surface area (Å²) in [5, 5.41) is 14.1. The van der Waals surface area contributed by atoms with Crippen LogP contribution in [0.15, 0.2) is 42.5 Å². The molecule has 132 valence electrons. The summed E-state index contributed by atoms with van der Waals surface area (Å²) < 4.78 is 41.1. The number of anilines is 2. The molecule has 0 aliphatic heterocycles. The normalized spacial score (nSPS) is 11.0. The first-order chi connectivity index (χ1) is 12.3. The fraction of sp³-hybridized carbons (Fsp3) is 0.0625. The summed E-state index contributed by atoms with van der Waals surface area (Å²) in [6, 6.07) is 11.4. The first-order valence-corrected chi connectivity index (χ1v) is 7.88. The lowest BCUT2D eigenvalue weighted by atomic mass is 10.2. The van der Waals surface area contributed by atoms with Crippen molar-refractivity contribution in [3.63, 3.8) is 0 Å². The Morgan fingerprint density at radius 3 is 2.73 bits per heavy atom. The van der Waals surface area contributed by atoms with Crippen LogP contribution >= 0.6 is 11.3 Å². The molecule has 0 unspecified atom stereocenters. The van der Waals surface area contributed by atoms with E-state index in [1.165, 1.54) is 18.2 Å². The standard InChI is InChI=1S/C16H9F3N4O2S/c17-16(18,19)25-11-4-5-12-13(7-11)26-15(22-12)23-14(24)21-10-3-1-2-9(6-10)8-20/h1-7H,(H2,21,22,23,24). The highest BCUT2D eigenvalue weighted by Crippen LogP contribution is 2.31. The maximum Gasteiger partial charge on any atom is 0.573 e. The highest BCUT2D eigenvalue weighted by atomic mass is 32.1. The number of carbonyl (C=O) groups excluding carboxylic acids is 1. The smallest absolute Gasteiger partial charge is 0.406 e. The quantitative estimate of drug-likeness (QED) is 0.691. The lowest BCUT2D eigenvalue weighted by molar-refractivity contribution is -0.274. The Hall–Kier alpha value is -3.32. The van der Waals surface area contributed by atoms with Crippen LogP contribution in [-0.4, -0.2) is 17.4 Å². The third-order valence-corrected chi connectivity index (χ3v) is 4.00. The molecular formula is C16H9F3N4O2S. The SMILES string of the molecule is N#Cc1cccc(NC(=O)Nc2nc3ccc(OC(F)(F)F)cc3s2)c1. The van der Waals surface area contributed by atoms with E-state index >= 15 is 0 Å². The largest absolute Gasteiger partial charge is 0.573 e. The van der Waals surface area contributed by atoms with E-state index in [2.05, 4.69) is 20.4 Å². The fourth-order valence-electron chi connectivity index (χ4n) is 2.08. The van der Waals surface area contributed by atoms with E-state index in [4.69, 9.17) is 5.26 Å². The number of thiazole rings is 1. The van der Waals surface area contributed by atoms with Gasteiger partial charge < -0.3 is 10.1 Å². The van der Waals surface area contributed by atoms with Crippen LogP contribution in [0.25, 0.3) is 10.2 Å². The van der Waals surface area contributed by atoms with Gasteiger partial charge in [0.05, 0.1) is 21.8 Å². The molecule has 10 heteroatoms. The van der Waals surface area contributed by atoms with Gasteiger partial charge >= 0.3 is 12.4 Å². The number of carbonyl (C=O) groups is 1. The number of urea groups is 1. The van der Waals surface area contributed by atoms with Crippen molar-refractivity contribution in [2.45, 2.75) is 6.36 Å². The summed E-state index contributed by atoms with van der Waals surface area (Å²) in [6.07, 6.45) is -4.78. The molecule has 3 rings (SSSR count). The fourth-order valence-corrected chi connectivity index (χ4v) is 2.97. The van der Waals surface area contributed by atoms with E-state index in [-0.39, 0.29) is 10.9 Å². The molecule has 2 N–H and O–H groups in total. The first-order valence-electron chi connectivity index (χ1n) is 7.07. The van der Waals surface area contributed by atoms with Gasteiger partial charge in [-0.15, -0.1) is 13.2 Å². The van der Waals surface area contributed by atoms with Gasteiger partial charge in [0.15, 0.2) is 5.13 Å². The number of hydrogen-bond acceptors (Lipinski definition) is 5. The lowest BCUT2D eigenvalue weighted by Gasteiger charge is -2.07. The van der Waals surface area contributed by atoms with Crippen molar-refractivity contribution < 1.29 is 22.7 Å². The van der Waals surface area contributed by atoms with Gasteiger partial charge in [0.1, 0.15) is 5.75 Å². The number of nitriles is 1. The van der Waals surface area contributed by atoms with Gasteiger partial charge in [-0.3, -0.25) is 5.32 Å². The Morgan fingerprint density at radius 1 is 1.19 bits per heavy atom. The molecule has 3 aromatic rings. The summed E-state index contributed by atoms with van der Waals surface area (Å²) in [4.78, 5) is 16.1. The minimum atomic E-state index is -4.78. The van der Waals surface area contributed by atoms with E-state index in [0.717, 1.165) is 17.4 Å². The van der Waals surface area contributed by atoms with Gasteiger partial charge in [-0.25, -0.2) is 9.78 Å². The number of rotatable bonds is 3. The Morgan fingerprint density at radius 2 is 2.00 bits per heavy atom. The Kier molecular flexibility index (Phi) is 4.64. The number of alkyl halides is 3. The molecule has 0 atom stereocenters. The molecule has 0 radical (unpaired) electrons. The summed E-state index contributed by atoms with van der Waals surface area (Å²) in [6.45, 7) is 0. The molecule has 0 saturated carbocycles. The zero-order valence-corrected chi connectivity index (χ0v) is 13.6. The number of nitrogens with one attached hydrogen (secondary N) is 2. The van der Waals surface area contributed by atoms with E-state index in [1.54, 1.807) is 18.2 Å². The predicted molar refractivity (Wildman–Crippen MR) is 90.1 cm³/mol. The minimum absolute atomic E-state index is 0.207. The van der Waals surface area contributed by atoms with Crippen molar-refractivity contribution in [3.05, 3.63) is 48.0 Å². The summed E-state index contributed by atoms with van der Waals surface area (Å²) in [7, 11) is 0. The molecule has 2 amide bonds. The molecule has 6 nitrogen and oxygen atoms in total. The van der Waals surface area contributed by atoms with Crippen molar-refractivity contribution >= 4 is 38.4 Å². The molecule has 26 heavy (non-hydrogen) atoms. The molecule has 0 fully saturated rings. The molecule has 1 heterocycles. The van der Waals surface area contributed by atoms with Crippen molar-refractivity contribution in [1.29, 1.82) is 5.26 Å². The van der Waals surface area contributed by atoms with Crippen LogP contribution in [-0.2, 0) is 0 Å². The predicted octanol–water partition coefficient (Wildman–Crippen LogP) is 4.71. The van der Waals surface area contributed by atoms with E-state index < -0.39 is 12.4 Å². The number of aromatic nitrogens is 1. The Bertz CT molecular complexity index is 1010. The summed E-state index contributed by atoms with van der Waals surface area (Å²) >= 11 is 1.00. The van der Waals surface area contributed by atoms with E-state index in [0.29, 0.717) is 21.5 Å². The number of fused-ring (bicyclic) bond motifs is 1. The number of benzene rings is 2. The lowest BCUT2D eigenvalue weighted by Crippen LogP contribution is -2.19. The second kappa shape index (κ2) is 6.89. The molecule has 0 saturated heterocycles. The van der Waals surface area contributed by atoms with Crippen LogP contribution < -0.4 is 15.4 Å². The van der Waals surface area contributed by atoms with Crippen molar-refractivity contribution in [2.75, 3.05) is 10.6 Å². The molecule has 1 aromatic heterocycles. The van der Waals surface area contributed by atoms with Gasteiger partial charge in [-0.05, 0) is 30.3 Å². The number of halogens is 3. The van der Waals surface area contributed by atoms with Gasteiger partial charge in [0.2, 0.25) is 0 Å². The Balaban J connectivity index is 1.72. The second-order valence-electron chi connectivity index (χ2n) is 4.97. The first kappa shape index (κ1) is 17.5. The topological polar surface area (TPSA) is 87.0 Å². The summed E-state index contributed by atoms with van der Waals surface area (Å²) in [5.41, 5.74) is 1.23. The van der Waals surface area contributed by atoms with Gasteiger partial charge in [0.25, 0.3) is 0 Å². The molecule has 0 aliphatic rings. The van der Waals surface area contributed by atoms with Crippen LogP contribution in [0.5, 0.6) is 5.75 Å². The number of ether oxygens (including phenoxy) is 1. The monoisotopic (exact) mass is 378 g/mol. The van der Waals surface area contributed by atoms with Crippen LogP contribution in [0.2, 0.25) is 0 Å². The third kappa shape index (κ3) is 4.40. The second-order valence-corrected chi connectivity index (χ2v) is 6.00. The van der Waals surface area contributed by atoms with Crippen LogP contribution in [0.1, 0.15) is 5.56 Å². The van der Waals surface area contributed by atoms with Crippen LogP contribution in [0.3, 0.4) is 0 Å². The number of nitrogens with zero attached hydrogens (tertiary/aromatic N) is 2.